The highest BCUT2D eigenvalue weighted by Gasteiger charge is 2.53. The van der Waals surface area contributed by atoms with E-state index in [1.54, 1.807) is 0 Å². The van der Waals surface area contributed by atoms with Crippen LogP contribution in [0.3, 0.4) is 0 Å². The minimum Gasteiger partial charge on any atom is -0.319 e. The fourth-order valence-electron chi connectivity index (χ4n) is 2.40. The molecule has 0 spiro atoms. The summed E-state index contributed by atoms with van der Waals surface area (Å²) in [5.74, 6) is 3.09. The lowest BCUT2D eigenvalue weighted by atomic mass is 10.3. The van der Waals surface area contributed by atoms with Gasteiger partial charge in [0.15, 0.2) is 0 Å². The van der Waals surface area contributed by atoms with Crippen molar-refractivity contribution in [2.75, 3.05) is 33.7 Å². The highest BCUT2D eigenvalue weighted by molar-refractivity contribution is 5.04. The molecule has 1 saturated carbocycles. The molecule has 1 saturated heterocycles. The molecule has 2 heteroatoms. The Labute approximate surface area is 62.6 Å². The zero-order chi connectivity index (χ0) is 7.14. The fourth-order valence-corrected chi connectivity index (χ4v) is 2.40. The maximum atomic E-state index is 3.25. The number of piperidine rings is 1. The zero-order valence-electron chi connectivity index (χ0n) is 6.80. The number of likely N-dealkylation sites (tertiary alicyclic amines) is 1. The third kappa shape index (κ3) is 0.867. The van der Waals surface area contributed by atoms with Crippen molar-refractivity contribution in [1.82, 2.24) is 10.2 Å². The molecule has 0 aromatic heterocycles. The molecule has 2 nitrogen and oxygen atoms in total. The van der Waals surface area contributed by atoms with Crippen molar-refractivity contribution in [3.05, 3.63) is 0 Å². The summed E-state index contributed by atoms with van der Waals surface area (Å²) in [4.78, 5) is 2.45. The van der Waals surface area contributed by atoms with Crippen molar-refractivity contribution < 1.29 is 0 Å². The Morgan fingerprint density at radius 2 is 2.00 bits per heavy atom. The van der Waals surface area contributed by atoms with E-state index < -0.39 is 0 Å². The molecule has 0 radical (unpaired) electrons. The third-order valence-corrected chi connectivity index (χ3v) is 2.99. The first-order valence-corrected chi connectivity index (χ1v) is 4.16. The van der Waals surface area contributed by atoms with E-state index in [0.29, 0.717) is 0 Å². The van der Waals surface area contributed by atoms with E-state index >= 15 is 0 Å². The van der Waals surface area contributed by atoms with Crippen LogP contribution < -0.4 is 5.32 Å². The number of hydrogen-bond acceptors (Lipinski definition) is 2. The normalized spacial score (nSPS) is 45.6. The van der Waals surface area contributed by atoms with Crippen LogP contribution in [-0.4, -0.2) is 38.6 Å². The van der Waals surface area contributed by atoms with Crippen LogP contribution in [0, 0.1) is 17.8 Å². The van der Waals surface area contributed by atoms with Crippen LogP contribution in [0.5, 0.6) is 0 Å². The molecule has 0 aromatic carbocycles. The summed E-state index contributed by atoms with van der Waals surface area (Å²) < 4.78 is 0. The molecule has 2 fully saturated rings. The summed E-state index contributed by atoms with van der Waals surface area (Å²) in [5.41, 5.74) is 0. The van der Waals surface area contributed by atoms with Crippen LogP contribution in [0.1, 0.15) is 0 Å². The van der Waals surface area contributed by atoms with Crippen LogP contribution in [0.25, 0.3) is 0 Å². The van der Waals surface area contributed by atoms with Crippen molar-refractivity contribution in [2.24, 2.45) is 17.8 Å². The second-order valence-corrected chi connectivity index (χ2v) is 3.77. The van der Waals surface area contributed by atoms with Crippen LogP contribution in [-0.2, 0) is 0 Å². The standard InChI is InChI=1S/C8H16N2/c1-9-3-6-7-4-10(2)5-8(6)7/h6-9H,3-5H2,1-2H3. The lowest BCUT2D eigenvalue weighted by Gasteiger charge is -2.11. The average Bonchev–Trinajstić information content (AvgIpc) is 2.43. The Morgan fingerprint density at radius 3 is 2.50 bits per heavy atom. The van der Waals surface area contributed by atoms with Crippen LogP contribution >= 0.6 is 0 Å². The Hall–Kier alpha value is -0.0800. The summed E-state index contributed by atoms with van der Waals surface area (Å²) in [7, 11) is 4.28. The molecule has 10 heavy (non-hydrogen) atoms. The maximum absolute atomic E-state index is 3.25. The Balaban J connectivity index is 1.81. The van der Waals surface area contributed by atoms with E-state index in [2.05, 4.69) is 24.3 Å². The van der Waals surface area contributed by atoms with E-state index in [9.17, 15) is 0 Å². The Kier molecular flexibility index (Phi) is 1.46. The number of rotatable bonds is 2. The molecule has 2 atom stereocenters. The Bertz CT molecular complexity index is 116. The topological polar surface area (TPSA) is 15.3 Å². The second-order valence-electron chi connectivity index (χ2n) is 3.77. The molecule has 1 heterocycles. The first kappa shape index (κ1) is 6.62. The van der Waals surface area contributed by atoms with Gasteiger partial charge < -0.3 is 10.2 Å². The van der Waals surface area contributed by atoms with E-state index in [4.69, 9.17) is 0 Å². The summed E-state index contributed by atoms with van der Waals surface area (Å²) in [5, 5.41) is 3.25. The van der Waals surface area contributed by atoms with E-state index in [1.165, 1.54) is 19.6 Å². The summed E-state index contributed by atoms with van der Waals surface area (Å²) in [6.07, 6.45) is 0. The summed E-state index contributed by atoms with van der Waals surface area (Å²) in [6.45, 7) is 3.93. The van der Waals surface area contributed by atoms with E-state index in [1.807, 2.05) is 0 Å². The van der Waals surface area contributed by atoms with E-state index in [0.717, 1.165) is 17.8 Å². The molecule has 0 aromatic rings. The van der Waals surface area contributed by atoms with Gasteiger partial charge >= 0.3 is 0 Å². The maximum Gasteiger partial charge on any atom is 0.00132 e. The number of nitrogens with one attached hydrogen (secondary N) is 1. The SMILES string of the molecule is CNCC1C2CN(C)CC12. The quantitative estimate of drug-likeness (QED) is 0.581. The highest BCUT2D eigenvalue weighted by Crippen LogP contribution is 2.50. The van der Waals surface area contributed by atoms with Gasteiger partial charge in [0.05, 0.1) is 0 Å². The van der Waals surface area contributed by atoms with Gasteiger partial charge in [-0.15, -0.1) is 0 Å². The van der Waals surface area contributed by atoms with Gasteiger partial charge in [-0.2, -0.15) is 0 Å². The third-order valence-electron chi connectivity index (χ3n) is 2.99. The van der Waals surface area contributed by atoms with Crippen LogP contribution in [0.4, 0.5) is 0 Å². The zero-order valence-corrected chi connectivity index (χ0v) is 6.80. The van der Waals surface area contributed by atoms with Gasteiger partial charge in [0, 0.05) is 13.1 Å². The van der Waals surface area contributed by atoms with Crippen molar-refractivity contribution >= 4 is 0 Å². The van der Waals surface area contributed by atoms with Gasteiger partial charge in [-0.05, 0) is 38.4 Å². The van der Waals surface area contributed by atoms with Crippen LogP contribution in [0.15, 0.2) is 0 Å². The van der Waals surface area contributed by atoms with Gasteiger partial charge in [-0.1, -0.05) is 0 Å². The molecule has 0 amide bonds. The molecule has 1 aliphatic heterocycles. The van der Waals surface area contributed by atoms with Gasteiger partial charge in [0.1, 0.15) is 0 Å². The predicted molar refractivity (Wildman–Crippen MR) is 41.9 cm³/mol. The molecule has 0 bridgehead atoms. The summed E-state index contributed by atoms with van der Waals surface area (Å²) in [6, 6.07) is 0. The smallest absolute Gasteiger partial charge is 0.00132 e. The van der Waals surface area contributed by atoms with Crippen molar-refractivity contribution in [3.8, 4) is 0 Å². The minimum atomic E-state index is 1.01. The summed E-state index contributed by atoms with van der Waals surface area (Å²) >= 11 is 0. The fraction of sp³-hybridized carbons (Fsp3) is 1.00. The lowest BCUT2D eigenvalue weighted by molar-refractivity contribution is 0.342. The van der Waals surface area contributed by atoms with Crippen LogP contribution in [0.2, 0.25) is 0 Å². The molecule has 1 aliphatic carbocycles. The number of nitrogens with zero attached hydrogens (tertiary/aromatic N) is 1. The second kappa shape index (κ2) is 2.21. The van der Waals surface area contributed by atoms with Gasteiger partial charge in [-0.25, -0.2) is 0 Å². The number of hydrogen-bond donors (Lipinski definition) is 1. The first-order valence-electron chi connectivity index (χ1n) is 4.16. The Morgan fingerprint density at radius 1 is 1.40 bits per heavy atom. The lowest BCUT2D eigenvalue weighted by Crippen LogP contribution is -2.22. The minimum absolute atomic E-state index is 1.01. The molecule has 58 valence electrons. The van der Waals surface area contributed by atoms with Crippen molar-refractivity contribution in [3.63, 3.8) is 0 Å². The van der Waals surface area contributed by atoms with Crippen molar-refractivity contribution in [1.29, 1.82) is 0 Å². The average molecular weight is 140 g/mol. The highest BCUT2D eigenvalue weighted by atomic mass is 15.2. The van der Waals surface area contributed by atoms with Gasteiger partial charge in [-0.3, -0.25) is 0 Å². The molecule has 2 unspecified atom stereocenters. The molecule has 1 N–H and O–H groups in total. The van der Waals surface area contributed by atoms with Crippen molar-refractivity contribution in [2.45, 2.75) is 0 Å². The van der Waals surface area contributed by atoms with Gasteiger partial charge in [0.25, 0.3) is 0 Å². The monoisotopic (exact) mass is 140 g/mol. The largest absolute Gasteiger partial charge is 0.319 e. The molecular formula is C8H16N2. The predicted octanol–water partition coefficient (Wildman–Crippen LogP) is 0.0134. The molecule has 2 aliphatic rings. The first-order chi connectivity index (χ1) is 4.83. The molecular weight excluding hydrogens is 124 g/mol. The van der Waals surface area contributed by atoms with E-state index in [-0.39, 0.29) is 0 Å². The number of fused-ring (bicyclic) bond motifs is 1. The molecule has 2 rings (SSSR count). The van der Waals surface area contributed by atoms with Gasteiger partial charge in [0.2, 0.25) is 0 Å².